The summed E-state index contributed by atoms with van der Waals surface area (Å²) in [6.07, 6.45) is -3.77. The predicted octanol–water partition coefficient (Wildman–Crippen LogP) is 4.12. The summed E-state index contributed by atoms with van der Waals surface area (Å²) < 4.78 is 41.2. The van der Waals surface area contributed by atoms with Crippen LogP contribution in [0.15, 0.2) is 41.8 Å². The van der Waals surface area contributed by atoms with Gasteiger partial charge in [-0.2, -0.15) is 0 Å². The summed E-state index contributed by atoms with van der Waals surface area (Å²) in [5.74, 6) is -1.51. The summed E-state index contributed by atoms with van der Waals surface area (Å²) in [4.78, 5) is 28.5. The van der Waals surface area contributed by atoms with Crippen molar-refractivity contribution in [2.45, 2.75) is 18.6 Å². The Morgan fingerprint density at radius 3 is 2.50 bits per heavy atom. The van der Waals surface area contributed by atoms with E-state index < -0.39 is 23.6 Å². The van der Waals surface area contributed by atoms with Gasteiger partial charge in [0.15, 0.2) is 16.6 Å². The van der Waals surface area contributed by atoms with Crippen molar-refractivity contribution < 1.29 is 37.7 Å². The zero-order valence-electron chi connectivity index (χ0n) is 16.3. The molecule has 0 bridgehead atoms. The summed E-state index contributed by atoms with van der Waals surface area (Å²) >= 11 is 1.20. The van der Waals surface area contributed by atoms with Crippen LogP contribution < -0.4 is 19.5 Å². The molecular weight excluding hydrogens is 446 g/mol. The molecule has 2 aromatic carbocycles. The lowest BCUT2D eigenvalue weighted by Crippen LogP contribution is -2.39. The van der Waals surface area contributed by atoms with Crippen LogP contribution in [-0.4, -0.2) is 34.9 Å². The Bertz CT molecular complexity index is 1260. The summed E-state index contributed by atoms with van der Waals surface area (Å²) in [5, 5.41) is 13.8. The van der Waals surface area contributed by atoms with E-state index in [1.54, 1.807) is 24.4 Å². The topological polar surface area (TPSA) is 107 Å². The molecule has 32 heavy (non-hydrogen) atoms. The van der Waals surface area contributed by atoms with Crippen molar-refractivity contribution in [3.05, 3.63) is 52.9 Å². The molecule has 3 aromatic rings. The smallest absolute Gasteiger partial charge is 0.492 e. The number of thiazole rings is 1. The molecule has 1 amide bonds. The van der Waals surface area contributed by atoms with Crippen LogP contribution >= 0.6 is 11.3 Å². The summed E-state index contributed by atoms with van der Waals surface area (Å²) in [6, 6.07) is 8.81. The summed E-state index contributed by atoms with van der Waals surface area (Å²) in [6.45, 7) is 1.63. The van der Waals surface area contributed by atoms with Gasteiger partial charge in [-0.1, -0.05) is 12.1 Å². The Labute approximate surface area is 183 Å². The molecule has 0 saturated heterocycles. The molecule has 5 rings (SSSR count). The highest BCUT2D eigenvalue weighted by atomic mass is 32.1. The van der Waals surface area contributed by atoms with Crippen molar-refractivity contribution in [2.75, 3.05) is 11.9 Å². The van der Waals surface area contributed by atoms with Crippen molar-refractivity contribution in [1.82, 2.24) is 4.98 Å². The number of aromatic carboxylic acids is 1. The first-order chi connectivity index (χ1) is 15.1. The second-order valence-electron chi connectivity index (χ2n) is 7.46. The highest BCUT2D eigenvalue weighted by Crippen LogP contribution is 2.50. The third-order valence-electron chi connectivity index (χ3n) is 5.27. The van der Waals surface area contributed by atoms with Gasteiger partial charge in [0.05, 0.1) is 11.3 Å². The van der Waals surface area contributed by atoms with Crippen molar-refractivity contribution in [3.63, 3.8) is 0 Å². The Hall–Kier alpha value is -3.73. The number of hydrogen-bond donors (Lipinski definition) is 2. The normalized spacial score (nSPS) is 19.8. The first-order valence-electron chi connectivity index (χ1n) is 9.32. The molecule has 0 radical (unpaired) electrons. The maximum atomic E-state index is 13.4. The van der Waals surface area contributed by atoms with Crippen molar-refractivity contribution in [1.29, 1.82) is 0 Å². The number of nitrogens with zero attached hydrogens (tertiary/aromatic N) is 1. The number of aromatic nitrogens is 1. The van der Waals surface area contributed by atoms with Crippen LogP contribution in [0.5, 0.6) is 17.2 Å². The van der Waals surface area contributed by atoms with Crippen molar-refractivity contribution in [3.8, 4) is 28.5 Å². The number of alkyl halides is 2. The van der Waals surface area contributed by atoms with Crippen LogP contribution in [-0.2, 0) is 10.2 Å². The van der Waals surface area contributed by atoms with Gasteiger partial charge in [0.25, 0.3) is 0 Å². The second-order valence-corrected chi connectivity index (χ2v) is 8.32. The number of carbonyl (C=O) groups excluding carboxylic acids is 1. The third-order valence-corrected chi connectivity index (χ3v) is 6.03. The van der Waals surface area contributed by atoms with E-state index in [-0.39, 0.29) is 29.4 Å². The van der Waals surface area contributed by atoms with Crippen LogP contribution in [0, 0.1) is 0 Å². The lowest BCUT2D eigenvalue weighted by molar-refractivity contribution is -0.286. The van der Waals surface area contributed by atoms with Gasteiger partial charge < -0.3 is 24.6 Å². The van der Waals surface area contributed by atoms with E-state index in [0.29, 0.717) is 22.0 Å². The average molecular weight is 460 g/mol. The molecule has 2 aliphatic rings. The molecule has 3 heterocycles. The highest BCUT2D eigenvalue weighted by molar-refractivity contribution is 7.14. The third kappa shape index (κ3) is 3.30. The van der Waals surface area contributed by atoms with Crippen LogP contribution in [0.1, 0.15) is 22.8 Å². The van der Waals surface area contributed by atoms with Crippen LogP contribution in [0.25, 0.3) is 11.3 Å². The van der Waals surface area contributed by atoms with E-state index in [1.807, 2.05) is 0 Å². The number of fused-ring (bicyclic) bond motifs is 2. The van der Waals surface area contributed by atoms with Crippen LogP contribution in [0.3, 0.4) is 0 Å². The lowest BCUT2D eigenvalue weighted by atomic mass is 9.83. The van der Waals surface area contributed by atoms with Crippen molar-refractivity contribution >= 4 is 28.3 Å². The Balaban J connectivity index is 1.36. The maximum Gasteiger partial charge on any atom is 0.586 e. The number of amides is 1. The number of anilines is 1. The predicted molar refractivity (Wildman–Crippen MR) is 109 cm³/mol. The van der Waals surface area contributed by atoms with Gasteiger partial charge in [-0.3, -0.25) is 4.79 Å². The number of halogens is 2. The molecular formula is C21H14F2N2O6S. The zero-order valence-corrected chi connectivity index (χ0v) is 17.2. The van der Waals surface area contributed by atoms with E-state index in [1.165, 1.54) is 35.6 Å². The summed E-state index contributed by atoms with van der Waals surface area (Å²) in [7, 11) is 0. The molecule has 164 valence electrons. The molecule has 0 fully saturated rings. The molecule has 11 heteroatoms. The van der Waals surface area contributed by atoms with E-state index in [4.69, 9.17) is 9.84 Å². The fraction of sp³-hybridized carbons (Fsp3) is 0.190. The number of rotatable bonds is 4. The van der Waals surface area contributed by atoms with Gasteiger partial charge in [0, 0.05) is 22.6 Å². The minimum Gasteiger partial charge on any atom is -0.492 e. The number of carboxylic acid groups (broad SMARTS) is 1. The van der Waals surface area contributed by atoms with Gasteiger partial charge >= 0.3 is 12.3 Å². The molecule has 0 saturated carbocycles. The Kier molecular flexibility index (Phi) is 4.35. The number of carbonyl (C=O) groups is 2. The molecule has 2 aliphatic heterocycles. The molecule has 0 aliphatic carbocycles. The SMILES string of the molecule is CC1(C(=O)Nc2nc(-c3ccc(C(=O)O)cc3)cs2)COc2cc3c(cc21)OC(F)(F)O3. The zero-order chi connectivity index (χ0) is 22.7. The van der Waals surface area contributed by atoms with E-state index >= 15 is 0 Å². The molecule has 1 unspecified atom stereocenters. The van der Waals surface area contributed by atoms with E-state index in [2.05, 4.69) is 19.8 Å². The monoisotopic (exact) mass is 460 g/mol. The van der Waals surface area contributed by atoms with Crippen LogP contribution in [0.2, 0.25) is 0 Å². The number of nitrogens with one attached hydrogen (secondary N) is 1. The molecule has 2 N–H and O–H groups in total. The molecule has 1 atom stereocenters. The number of benzene rings is 2. The maximum absolute atomic E-state index is 13.4. The van der Waals surface area contributed by atoms with Gasteiger partial charge in [-0.15, -0.1) is 20.1 Å². The summed E-state index contributed by atoms with van der Waals surface area (Å²) in [5.41, 5.74) is 0.655. The van der Waals surface area contributed by atoms with Gasteiger partial charge in [0.2, 0.25) is 5.91 Å². The van der Waals surface area contributed by atoms with Gasteiger partial charge in [0.1, 0.15) is 17.8 Å². The van der Waals surface area contributed by atoms with Crippen LogP contribution in [0.4, 0.5) is 13.9 Å². The highest BCUT2D eigenvalue weighted by Gasteiger charge is 2.49. The largest absolute Gasteiger partial charge is 0.586 e. The second kappa shape index (κ2) is 6.89. The fourth-order valence-corrected chi connectivity index (χ4v) is 4.21. The number of carboxylic acids is 1. The van der Waals surface area contributed by atoms with E-state index in [0.717, 1.165) is 0 Å². The minimum atomic E-state index is -3.77. The van der Waals surface area contributed by atoms with Crippen molar-refractivity contribution in [2.24, 2.45) is 0 Å². The Morgan fingerprint density at radius 2 is 1.81 bits per heavy atom. The lowest BCUT2D eigenvalue weighted by Gasteiger charge is -2.21. The Morgan fingerprint density at radius 1 is 1.12 bits per heavy atom. The molecule has 8 nitrogen and oxygen atoms in total. The fourth-order valence-electron chi connectivity index (χ4n) is 3.50. The number of ether oxygens (including phenoxy) is 3. The standard InChI is InChI=1S/C21H14F2N2O6S/c1-20(9-29-14-7-16-15(6-12(14)20)30-21(22,23)31-16)18(28)25-19-24-13(8-32-19)10-2-4-11(5-3-10)17(26)27/h2-8H,9H2,1H3,(H,26,27)(H,24,25,28). The van der Waals surface area contributed by atoms with Gasteiger partial charge in [-0.05, 0) is 25.1 Å². The molecule has 1 aromatic heterocycles. The quantitative estimate of drug-likeness (QED) is 0.603. The molecule has 0 spiro atoms. The van der Waals surface area contributed by atoms with Gasteiger partial charge in [-0.25, -0.2) is 9.78 Å². The first-order valence-corrected chi connectivity index (χ1v) is 10.2. The minimum absolute atomic E-state index is 0.00232. The average Bonchev–Trinajstić information content (AvgIpc) is 3.42. The van der Waals surface area contributed by atoms with E-state index in [9.17, 15) is 18.4 Å². The first kappa shape index (κ1) is 20.2. The number of hydrogen-bond acceptors (Lipinski definition) is 7.